The Balaban J connectivity index is 1.56. The Labute approximate surface area is 146 Å². The lowest BCUT2D eigenvalue weighted by atomic mass is 10.1. The Hall–Kier alpha value is -3.14. The van der Waals surface area contributed by atoms with E-state index in [9.17, 15) is 9.18 Å². The van der Waals surface area contributed by atoms with Gasteiger partial charge < -0.3 is 10.1 Å². The molecule has 3 aromatic carbocycles. The summed E-state index contributed by atoms with van der Waals surface area (Å²) < 4.78 is 18.6. The largest absolute Gasteiger partial charge is 0.457 e. The second-order valence-corrected chi connectivity index (χ2v) is 5.62. The maximum Gasteiger partial charge on any atom is 0.224 e. The second kappa shape index (κ2) is 8.11. The molecule has 0 aliphatic rings. The zero-order valence-electron chi connectivity index (χ0n) is 13.6. The van der Waals surface area contributed by atoms with Crippen LogP contribution in [0.25, 0.3) is 0 Å². The van der Waals surface area contributed by atoms with E-state index in [0.29, 0.717) is 24.3 Å². The Morgan fingerprint density at radius 3 is 2.40 bits per heavy atom. The molecule has 4 heteroatoms. The van der Waals surface area contributed by atoms with Crippen molar-refractivity contribution in [1.29, 1.82) is 0 Å². The van der Waals surface area contributed by atoms with Gasteiger partial charge in [-0.3, -0.25) is 4.79 Å². The van der Waals surface area contributed by atoms with Gasteiger partial charge in [0.1, 0.15) is 17.3 Å². The Bertz CT molecular complexity index is 832. The van der Waals surface area contributed by atoms with Crippen LogP contribution in [0.15, 0.2) is 78.9 Å². The Morgan fingerprint density at radius 1 is 0.880 bits per heavy atom. The minimum atomic E-state index is -0.300. The molecular formula is C21H18FNO2. The monoisotopic (exact) mass is 335 g/mol. The van der Waals surface area contributed by atoms with Crippen molar-refractivity contribution in [3.05, 3.63) is 90.2 Å². The Kier molecular flexibility index (Phi) is 5.42. The number of benzene rings is 3. The molecule has 0 aliphatic carbocycles. The van der Waals surface area contributed by atoms with Crippen molar-refractivity contribution in [2.75, 3.05) is 5.32 Å². The number of rotatable bonds is 6. The third-order valence-corrected chi connectivity index (χ3v) is 3.65. The number of aryl methyl sites for hydroxylation is 1. The van der Waals surface area contributed by atoms with Crippen LogP contribution in [-0.2, 0) is 11.2 Å². The summed E-state index contributed by atoms with van der Waals surface area (Å²) in [6.07, 6.45) is 0.994. The van der Waals surface area contributed by atoms with E-state index in [4.69, 9.17) is 4.74 Å². The van der Waals surface area contributed by atoms with E-state index in [2.05, 4.69) is 5.32 Å². The first kappa shape index (κ1) is 16.7. The van der Waals surface area contributed by atoms with Crippen LogP contribution in [0.3, 0.4) is 0 Å². The van der Waals surface area contributed by atoms with Crippen molar-refractivity contribution >= 4 is 11.6 Å². The summed E-state index contributed by atoms with van der Waals surface area (Å²) in [5, 5.41) is 2.87. The molecule has 1 amide bonds. The van der Waals surface area contributed by atoms with Gasteiger partial charge in [-0.25, -0.2) is 4.39 Å². The summed E-state index contributed by atoms with van der Waals surface area (Å²) in [6, 6.07) is 22.8. The number of ether oxygens (including phenoxy) is 1. The molecule has 0 unspecified atom stereocenters. The summed E-state index contributed by atoms with van der Waals surface area (Å²) in [4.78, 5) is 12.0. The van der Waals surface area contributed by atoms with Gasteiger partial charge in [0.05, 0.1) is 0 Å². The first-order chi connectivity index (χ1) is 12.2. The first-order valence-electron chi connectivity index (χ1n) is 8.06. The molecule has 0 saturated heterocycles. The topological polar surface area (TPSA) is 38.3 Å². The van der Waals surface area contributed by atoms with E-state index in [1.807, 2.05) is 54.6 Å². The van der Waals surface area contributed by atoms with E-state index in [0.717, 1.165) is 11.3 Å². The van der Waals surface area contributed by atoms with Crippen LogP contribution in [0, 0.1) is 5.82 Å². The third-order valence-electron chi connectivity index (χ3n) is 3.65. The molecule has 3 aromatic rings. The molecule has 0 aromatic heterocycles. The second-order valence-electron chi connectivity index (χ2n) is 5.62. The fourth-order valence-electron chi connectivity index (χ4n) is 2.41. The van der Waals surface area contributed by atoms with Crippen LogP contribution in [0.5, 0.6) is 11.5 Å². The molecule has 0 atom stereocenters. The quantitative estimate of drug-likeness (QED) is 0.673. The molecule has 0 bridgehead atoms. The number of hydrogen-bond donors (Lipinski definition) is 1. The van der Waals surface area contributed by atoms with Gasteiger partial charge in [0.15, 0.2) is 0 Å². The van der Waals surface area contributed by atoms with Gasteiger partial charge in [0.25, 0.3) is 0 Å². The molecule has 3 rings (SSSR count). The highest BCUT2D eigenvalue weighted by atomic mass is 19.1. The van der Waals surface area contributed by atoms with E-state index >= 15 is 0 Å². The number of amides is 1. The van der Waals surface area contributed by atoms with Gasteiger partial charge in [-0.15, -0.1) is 0 Å². The van der Waals surface area contributed by atoms with E-state index < -0.39 is 0 Å². The molecule has 3 nitrogen and oxygen atoms in total. The van der Waals surface area contributed by atoms with Gasteiger partial charge in [-0.1, -0.05) is 30.3 Å². The van der Waals surface area contributed by atoms with E-state index in [-0.39, 0.29) is 11.7 Å². The average molecular weight is 335 g/mol. The molecule has 0 fully saturated rings. The molecule has 25 heavy (non-hydrogen) atoms. The number of carbonyl (C=O) groups excluding carboxylic acids is 1. The van der Waals surface area contributed by atoms with Crippen molar-refractivity contribution in [3.63, 3.8) is 0 Å². The lowest BCUT2D eigenvalue weighted by Gasteiger charge is -2.08. The number of para-hydroxylation sites is 1. The highest BCUT2D eigenvalue weighted by Crippen LogP contribution is 2.23. The molecule has 0 heterocycles. The van der Waals surface area contributed by atoms with Crippen LogP contribution in [0.2, 0.25) is 0 Å². The van der Waals surface area contributed by atoms with Crippen LogP contribution in [-0.4, -0.2) is 5.91 Å². The normalized spacial score (nSPS) is 10.3. The summed E-state index contributed by atoms with van der Waals surface area (Å²) >= 11 is 0. The molecular weight excluding hydrogens is 317 g/mol. The van der Waals surface area contributed by atoms with Gasteiger partial charge in [-0.2, -0.15) is 0 Å². The lowest BCUT2D eigenvalue weighted by Crippen LogP contribution is -2.12. The fraction of sp³-hybridized carbons (Fsp3) is 0.0952. The van der Waals surface area contributed by atoms with Crippen molar-refractivity contribution in [1.82, 2.24) is 0 Å². The fourth-order valence-corrected chi connectivity index (χ4v) is 2.41. The number of anilines is 1. The molecule has 0 radical (unpaired) electrons. The van der Waals surface area contributed by atoms with E-state index in [1.54, 1.807) is 12.1 Å². The molecule has 0 spiro atoms. The van der Waals surface area contributed by atoms with Gasteiger partial charge in [0.2, 0.25) is 5.91 Å². The van der Waals surface area contributed by atoms with Crippen molar-refractivity contribution in [3.8, 4) is 11.5 Å². The van der Waals surface area contributed by atoms with Crippen molar-refractivity contribution in [2.45, 2.75) is 12.8 Å². The Morgan fingerprint density at radius 2 is 1.64 bits per heavy atom. The predicted octanol–water partition coefficient (Wildman–Crippen LogP) is 5.19. The van der Waals surface area contributed by atoms with Gasteiger partial charge in [0, 0.05) is 12.1 Å². The smallest absolute Gasteiger partial charge is 0.224 e. The SMILES string of the molecule is O=C(CCc1cccc(Oc2ccc(F)cc2)c1)Nc1ccccc1. The predicted molar refractivity (Wildman–Crippen MR) is 96.3 cm³/mol. The van der Waals surface area contributed by atoms with Crippen molar-refractivity contribution < 1.29 is 13.9 Å². The molecule has 126 valence electrons. The van der Waals surface area contributed by atoms with E-state index in [1.165, 1.54) is 12.1 Å². The lowest BCUT2D eigenvalue weighted by molar-refractivity contribution is -0.116. The minimum absolute atomic E-state index is 0.0314. The van der Waals surface area contributed by atoms with Gasteiger partial charge >= 0.3 is 0 Å². The highest BCUT2D eigenvalue weighted by molar-refractivity contribution is 5.90. The zero-order chi connectivity index (χ0) is 17.5. The summed E-state index contributed by atoms with van der Waals surface area (Å²) in [6.45, 7) is 0. The summed E-state index contributed by atoms with van der Waals surface area (Å²) in [5.41, 5.74) is 1.80. The maximum absolute atomic E-state index is 12.9. The average Bonchev–Trinajstić information content (AvgIpc) is 2.63. The molecule has 1 N–H and O–H groups in total. The maximum atomic E-state index is 12.9. The molecule has 0 aliphatic heterocycles. The van der Waals surface area contributed by atoms with Gasteiger partial charge in [-0.05, 0) is 60.5 Å². The first-order valence-corrected chi connectivity index (χ1v) is 8.06. The number of hydrogen-bond acceptors (Lipinski definition) is 2. The van der Waals surface area contributed by atoms with Crippen LogP contribution < -0.4 is 10.1 Å². The minimum Gasteiger partial charge on any atom is -0.457 e. The van der Waals surface area contributed by atoms with Crippen molar-refractivity contribution in [2.24, 2.45) is 0 Å². The summed E-state index contributed by atoms with van der Waals surface area (Å²) in [5.74, 6) is 0.898. The third kappa shape index (κ3) is 5.18. The zero-order valence-corrected chi connectivity index (χ0v) is 13.6. The van der Waals surface area contributed by atoms with Crippen LogP contribution in [0.1, 0.15) is 12.0 Å². The number of nitrogens with one attached hydrogen (secondary N) is 1. The number of carbonyl (C=O) groups is 1. The van der Waals surface area contributed by atoms with Crippen LogP contribution in [0.4, 0.5) is 10.1 Å². The van der Waals surface area contributed by atoms with Crippen LogP contribution >= 0.6 is 0 Å². The standard InChI is InChI=1S/C21H18FNO2/c22-17-10-12-19(13-11-17)25-20-8-4-5-16(15-20)9-14-21(24)23-18-6-2-1-3-7-18/h1-8,10-13,15H,9,14H2,(H,23,24). The molecule has 0 saturated carbocycles. The highest BCUT2D eigenvalue weighted by Gasteiger charge is 2.05. The number of halogens is 1. The summed E-state index contributed by atoms with van der Waals surface area (Å²) in [7, 11) is 0.